The molecule has 0 saturated carbocycles. The van der Waals surface area contributed by atoms with Crippen molar-refractivity contribution in [1.29, 1.82) is 0 Å². The van der Waals surface area contributed by atoms with Crippen LogP contribution in [0.25, 0.3) is 5.69 Å². The van der Waals surface area contributed by atoms with Crippen LogP contribution in [0.5, 0.6) is 0 Å². The summed E-state index contributed by atoms with van der Waals surface area (Å²) in [5.41, 5.74) is 1.18. The molecule has 0 amide bonds. The first-order valence-corrected chi connectivity index (χ1v) is 7.24. The highest BCUT2D eigenvalue weighted by Gasteiger charge is 2.18. The Hall–Kier alpha value is -1.95. The van der Waals surface area contributed by atoms with E-state index in [1.54, 1.807) is 6.20 Å². The number of halogens is 1. The minimum atomic E-state index is -1.32. The quantitative estimate of drug-likeness (QED) is 0.922. The zero-order valence-corrected chi connectivity index (χ0v) is 13.5. The Balaban J connectivity index is 2.75. The molecule has 2 rings (SSSR count). The van der Waals surface area contributed by atoms with Crippen LogP contribution >= 0.6 is 15.9 Å². The molecule has 0 fully saturated rings. The van der Waals surface area contributed by atoms with E-state index in [4.69, 9.17) is 5.11 Å². The fraction of sp³-hybridized carbons (Fsp3) is 0.267. The second-order valence-electron chi connectivity index (χ2n) is 5.12. The van der Waals surface area contributed by atoms with Crippen LogP contribution in [-0.4, -0.2) is 20.9 Å². The Morgan fingerprint density at radius 1 is 1.38 bits per heavy atom. The predicted molar refractivity (Wildman–Crippen MR) is 83.3 cm³/mol. The maximum Gasteiger partial charge on any atom is 0.360 e. The standard InChI is InChI=1S/C15H15BrN2O3/c1-8(2)10-7-18(17-13(14(10)19)15(20)21)12-5-4-9(3)6-11(12)16/h4-8H,1-3H3,(H,20,21). The van der Waals surface area contributed by atoms with Crippen LogP contribution in [0.15, 0.2) is 33.7 Å². The summed E-state index contributed by atoms with van der Waals surface area (Å²) in [6, 6.07) is 5.63. The highest BCUT2D eigenvalue weighted by molar-refractivity contribution is 9.10. The molecule has 5 nitrogen and oxygen atoms in total. The van der Waals surface area contributed by atoms with E-state index in [1.807, 2.05) is 39.0 Å². The summed E-state index contributed by atoms with van der Waals surface area (Å²) in [6.07, 6.45) is 1.59. The lowest BCUT2D eigenvalue weighted by molar-refractivity contribution is 0.0686. The monoisotopic (exact) mass is 350 g/mol. The summed E-state index contributed by atoms with van der Waals surface area (Å²) in [4.78, 5) is 23.3. The summed E-state index contributed by atoms with van der Waals surface area (Å²) in [7, 11) is 0. The van der Waals surface area contributed by atoms with E-state index in [2.05, 4.69) is 21.0 Å². The summed E-state index contributed by atoms with van der Waals surface area (Å²) in [5, 5.41) is 13.1. The SMILES string of the molecule is Cc1ccc(-n2cc(C(C)C)c(=O)c(C(=O)O)n2)c(Br)c1. The van der Waals surface area contributed by atoms with Gasteiger partial charge in [0.2, 0.25) is 11.1 Å². The molecule has 1 aromatic carbocycles. The number of nitrogens with zero attached hydrogens (tertiary/aromatic N) is 2. The number of carbonyl (C=O) groups is 1. The molecule has 2 aromatic rings. The Morgan fingerprint density at radius 2 is 2.05 bits per heavy atom. The van der Waals surface area contributed by atoms with Gasteiger partial charge in [-0.05, 0) is 46.5 Å². The van der Waals surface area contributed by atoms with Crippen molar-refractivity contribution < 1.29 is 9.90 Å². The van der Waals surface area contributed by atoms with E-state index in [-0.39, 0.29) is 5.92 Å². The molecule has 0 atom stereocenters. The Kier molecular flexibility index (Phi) is 4.27. The van der Waals surface area contributed by atoms with Crippen molar-refractivity contribution in [2.75, 3.05) is 0 Å². The normalized spacial score (nSPS) is 10.9. The van der Waals surface area contributed by atoms with Gasteiger partial charge >= 0.3 is 5.97 Å². The molecule has 0 radical (unpaired) electrons. The lowest BCUT2D eigenvalue weighted by Crippen LogP contribution is -2.25. The molecule has 110 valence electrons. The first kappa shape index (κ1) is 15.4. The van der Waals surface area contributed by atoms with Gasteiger partial charge in [0, 0.05) is 16.2 Å². The number of aryl methyl sites for hydroxylation is 1. The highest BCUT2D eigenvalue weighted by Crippen LogP contribution is 2.22. The molecule has 0 bridgehead atoms. The van der Waals surface area contributed by atoms with Crippen molar-refractivity contribution in [3.63, 3.8) is 0 Å². The number of benzene rings is 1. The van der Waals surface area contributed by atoms with Gasteiger partial charge in [-0.25, -0.2) is 9.48 Å². The van der Waals surface area contributed by atoms with Gasteiger partial charge in [0.25, 0.3) is 0 Å². The van der Waals surface area contributed by atoms with E-state index < -0.39 is 17.1 Å². The van der Waals surface area contributed by atoms with Crippen LogP contribution < -0.4 is 5.43 Å². The minimum absolute atomic E-state index is 0.0888. The summed E-state index contributed by atoms with van der Waals surface area (Å²) in [5.74, 6) is -1.41. The second kappa shape index (κ2) is 5.81. The molecule has 0 spiro atoms. The Labute approximate surface area is 130 Å². The van der Waals surface area contributed by atoms with Crippen molar-refractivity contribution in [2.24, 2.45) is 0 Å². The summed E-state index contributed by atoms with van der Waals surface area (Å²) in [6.45, 7) is 5.64. The molecular formula is C15H15BrN2O3. The number of carboxylic acids is 1. The van der Waals surface area contributed by atoms with Crippen molar-refractivity contribution in [1.82, 2.24) is 9.78 Å². The number of aromatic carboxylic acids is 1. The number of carboxylic acid groups (broad SMARTS) is 1. The Bertz CT molecular complexity index is 766. The third-order valence-electron chi connectivity index (χ3n) is 3.12. The third-order valence-corrected chi connectivity index (χ3v) is 3.76. The maximum absolute atomic E-state index is 12.1. The van der Waals surface area contributed by atoms with Gasteiger partial charge in [-0.3, -0.25) is 4.79 Å². The summed E-state index contributed by atoms with van der Waals surface area (Å²) >= 11 is 3.44. The van der Waals surface area contributed by atoms with E-state index in [1.165, 1.54) is 4.68 Å². The van der Waals surface area contributed by atoms with Gasteiger partial charge in [-0.15, -0.1) is 0 Å². The van der Waals surface area contributed by atoms with Crippen molar-refractivity contribution in [2.45, 2.75) is 26.7 Å². The molecule has 0 aliphatic rings. The average Bonchev–Trinajstić information content (AvgIpc) is 2.38. The van der Waals surface area contributed by atoms with Crippen LogP contribution in [0.4, 0.5) is 0 Å². The van der Waals surface area contributed by atoms with Crippen molar-refractivity contribution >= 4 is 21.9 Å². The first-order chi connectivity index (χ1) is 9.81. The number of hydrogen-bond donors (Lipinski definition) is 1. The van der Waals surface area contributed by atoms with Gasteiger partial charge in [0.1, 0.15) is 0 Å². The Morgan fingerprint density at radius 3 is 2.57 bits per heavy atom. The van der Waals surface area contributed by atoms with E-state index in [0.717, 1.165) is 10.0 Å². The number of aromatic nitrogens is 2. The van der Waals surface area contributed by atoms with Crippen LogP contribution in [-0.2, 0) is 0 Å². The van der Waals surface area contributed by atoms with Gasteiger partial charge < -0.3 is 5.11 Å². The zero-order chi connectivity index (χ0) is 15.7. The fourth-order valence-corrected chi connectivity index (χ4v) is 2.66. The molecule has 6 heteroatoms. The molecule has 1 aromatic heterocycles. The fourth-order valence-electron chi connectivity index (χ4n) is 1.98. The predicted octanol–water partition coefficient (Wildman–Crippen LogP) is 3.13. The van der Waals surface area contributed by atoms with E-state index in [0.29, 0.717) is 11.3 Å². The smallest absolute Gasteiger partial charge is 0.360 e. The molecule has 0 aliphatic carbocycles. The molecule has 1 N–H and O–H groups in total. The molecular weight excluding hydrogens is 336 g/mol. The van der Waals surface area contributed by atoms with Crippen molar-refractivity contribution in [3.05, 3.63) is 55.9 Å². The van der Waals surface area contributed by atoms with Gasteiger partial charge in [-0.2, -0.15) is 5.10 Å². The topological polar surface area (TPSA) is 72.2 Å². The summed E-state index contributed by atoms with van der Waals surface area (Å²) < 4.78 is 2.22. The lowest BCUT2D eigenvalue weighted by Gasteiger charge is -2.13. The lowest BCUT2D eigenvalue weighted by atomic mass is 10.0. The van der Waals surface area contributed by atoms with Crippen molar-refractivity contribution in [3.8, 4) is 5.69 Å². The maximum atomic E-state index is 12.1. The number of rotatable bonds is 3. The van der Waals surface area contributed by atoms with Crippen LogP contribution in [0.1, 0.15) is 41.4 Å². The van der Waals surface area contributed by atoms with Crippen LogP contribution in [0.2, 0.25) is 0 Å². The van der Waals surface area contributed by atoms with Crippen LogP contribution in [0.3, 0.4) is 0 Å². The van der Waals surface area contributed by atoms with Gasteiger partial charge in [0.05, 0.1) is 5.69 Å². The molecule has 0 unspecified atom stereocenters. The number of hydrogen-bond acceptors (Lipinski definition) is 3. The van der Waals surface area contributed by atoms with E-state index >= 15 is 0 Å². The van der Waals surface area contributed by atoms with Gasteiger partial charge in [0.15, 0.2) is 0 Å². The second-order valence-corrected chi connectivity index (χ2v) is 5.98. The minimum Gasteiger partial charge on any atom is -0.476 e. The molecule has 1 heterocycles. The zero-order valence-electron chi connectivity index (χ0n) is 11.9. The molecule has 21 heavy (non-hydrogen) atoms. The van der Waals surface area contributed by atoms with Crippen LogP contribution in [0, 0.1) is 6.92 Å². The molecule has 0 aliphatic heterocycles. The van der Waals surface area contributed by atoms with Gasteiger partial charge in [-0.1, -0.05) is 19.9 Å². The average molecular weight is 351 g/mol. The molecule has 0 saturated heterocycles. The first-order valence-electron chi connectivity index (χ1n) is 6.45. The third kappa shape index (κ3) is 3.05. The largest absolute Gasteiger partial charge is 0.476 e. The van der Waals surface area contributed by atoms with E-state index in [9.17, 15) is 9.59 Å². The highest BCUT2D eigenvalue weighted by atomic mass is 79.9.